The van der Waals surface area contributed by atoms with Gasteiger partial charge < -0.3 is 4.74 Å². The van der Waals surface area contributed by atoms with Gasteiger partial charge >= 0.3 is 0 Å². The zero-order valence-corrected chi connectivity index (χ0v) is 9.07. The highest BCUT2D eigenvalue weighted by atomic mass is 16.5. The van der Waals surface area contributed by atoms with Crippen molar-refractivity contribution in [2.75, 3.05) is 7.11 Å². The lowest BCUT2D eigenvalue weighted by atomic mass is 10.0. The predicted molar refractivity (Wildman–Crippen MR) is 62.8 cm³/mol. The van der Waals surface area contributed by atoms with Gasteiger partial charge in [-0.1, -0.05) is 36.4 Å². The third-order valence-electron chi connectivity index (χ3n) is 3.24. The van der Waals surface area contributed by atoms with E-state index in [0.29, 0.717) is 6.42 Å². The molecule has 0 aliphatic heterocycles. The number of hydrogen-bond donors (Lipinski definition) is 0. The first-order valence-electron chi connectivity index (χ1n) is 5.39. The standard InChI is InChI=1S/C14H12O2/c1-16-12-8-10-7-6-9-4-2-3-5-11(9)13(10)14(12)15/h2-7,12H,8H2,1H3/t12-/m1/s1. The number of fused-ring (bicyclic) bond motifs is 3. The van der Waals surface area contributed by atoms with Crippen molar-refractivity contribution in [3.63, 3.8) is 0 Å². The van der Waals surface area contributed by atoms with E-state index in [1.54, 1.807) is 7.11 Å². The number of rotatable bonds is 1. The second kappa shape index (κ2) is 3.42. The highest BCUT2D eigenvalue weighted by Crippen LogP contribution is 2.30. The fourth-order valence-electron chi connectivity index (χ4n) is 2.42. The van der Waals surface area contributed by atoms with Crippen LogP contribution in [0.5, 0.6) is 0 Å². The topological polar surface area (TPSA) is 26.3 Å². The summed E-state index contributed by atoms with van der Waals surface area (Å²) in [5.41, 5.74) is 1.96. The molecule has 0 saturated carbocycles. The van der Waals surface area contributed by atoms with E-state index >= 15 is 0 Å². The van der Waals surface area contributed by atoms with Gasteiger partial charge in [-0.05, 0) is 16.3 Å². The van der Waals surface area contributed by atoms with Crippen LogP contribution < -0.4 is 0 Å². The van der Waals surface area contributed by atoms with E-state index in [0.717, 1.165) is 21.9 Å². The molecule has 2 aromatic carbocycles. The Morgan fingerprint density at radius 2 is 2.00 bits per heavy atom. The van der Waals surface area contributed by atoms with Gasteiger partial charge in [0.05, 0.1) is 0 Å². The van der Waals surface area contributed by atoms with Crippen LogP contribution in [0.3, 0.4) is 0 Å². The molecular formula is C14H12O2. The molecule has 1 aliphatic carbocycles. The van der Waals surface area contributed by atoms with E-state index < -0.39 is 0 Å². The molecule has 3 rings (SSSR count). The van der Waals surface area contributed by atoms with Gasteiger partial charge in [-0.15, -0.1) is 0 Å². The summed E-state index contributed by atoms with van der Waals surface area (Å²) in [5.74, 6) is 0.120. The molecule has 0 saturated heterocycles. The van der Waals surface area contributed by atoms with Crippen LogP contribution in [-0.4, -0.2) is 19.0 Å². The average Bonchev–Trinajstić information content (AvgIpc) is 2.66. The van der Waals surface area contributed by atoms with Crippen LogP contribution in [0.15, 0.2) is 36.4 Å². The summed E-state index contributed by atoms with van der Waals surface area (Å²) in [4.78, 5) is 12.1. The first-order chi connectivity index (χ1) is 7.81. The van der Waals surface area contributed by atoms with Crippen molar-refractivity contribution in [3.05, 3.63) is 47.5 Å². The molecule has 0 N–H and O–H groups in total. The van der Waals surface area contributed by atoms with Gasteiger partial charge in [0.25, 0.3) is 0 Å². The Bertz CT molecular complexity index is 572. The Balaban J connectivity index is 2.30. The normalized spacial score (nSPS) is 19.1. The number of Topliss-reactive ketones (excluding diaryl/α,β-unsaturated/α-hetero) is 1. The van der Waals surface area contributed by atoms with Crippen LogP contribution >= 0.6 is 0 Å². The molecule has 0 bridgehead atoms. The fraction of sp³-hybridized carbons (Fsp3) is 0.214. The van der Waals surface area contributed by atoms with Gasteiger partial charge in [0.1, 0.15) is 6.10 Å². The predicted octanol–water partition coefficient (Wildman–Crippen LogP) is 2.59. The molecule has 1 aliphatic rings. The van der Waals surface area contributed by atoms with E-state index in [9.17, 15) is 4.79 Å². The molecule has 0 radical (unpaired) electrons. The zero-order valence-electron chi connectivity index (χ0n) is 9.07. The Morgan fingerprint density at radius 1 is 1.19 bits per heavy atom. The van der Waals surface area contributed by atoms with Crippen molar-refractivity contribution in [2.24, 2.45) is 0 Å². The van der Waals surface area contributed by atoms with Crippen molar-refractivity contribution in [1.29, 1.82) is 0 Å². The molecule has 0 amide bonds. The Labute approximate surface area is 93.8 Å². The van der Waals surface area contributed by atoms with E-state index in [-0.39, 0.29) is 11.9 Å². The molecule has 2 heteroatoms. The van der Waals surface area contributed by atoms with Crippen LogP contribution in [-0.2, 0) is 11.2 Å². The van der Waals surface area contributed by atoms with Gasteiger partial charge in [0.2, 0.25) is 0 Å². The highest BCUT2D eigenvalue weighted by molar-refractivity contribution is 6.13. The number of methoxy groups -OCH3 is 1. The van der Waals surface area contributed by atoms with Crippen molar-refractivity contribution >= 4 is 16.6 Å². The van der Waals surface area contributed by atoms with E-state index in [1.807, 2.05) is 30.3 Å². The molecule has 80 valence electrons. The minimum absolute atomic E-state index is 0.120. The summed E-state index contributed by atoms with van der Waals surface area (Å²) >= 11 is 0. The summed E-state index contributed by atoms with van der Waals surface area (Å²) in [6, 6.07) is 12.1. The van der Waals surface area contributed by atoms with Gasteiger partial charge in [0.15, 0.2) is 5.78 Å². The summed E-state index contributed by atoms with van der Waals surface area (Å²) in [6.07, 6.45) is 0.413. The van der Waals surface area contributed by atoms with Crippen LogP contribution in [0.1, 0.15) is 15.9 Å². The maximum absolute atomic E-state index is 12.1. The van der Waals surface area contributed by atoms with Crippen molar-refractivity contribution in [1.82, 2.24) is 0 Å². The minimum Gasteiger partial charge on any atom is -0.373 e. The SMILES string of the molecule is CO[C@@H]1Cc2ccc3ccccc3c2C1=O. The maximum Gasteiger partial charge on any atom is 0.192 e. The first kappa shape index (κ1) is 9.55. The van der Waals surface area contributed by atoms with E-state index in [2.05, 4.69) is 6.07 Å². The van der Waals surface area contributed by atoms with Crippen molar-refractivity contribution in [2.45, 2.75) is 12.5 Å². The molecule has 0 unspecified atom stereocenters. The van der Waals surface area contributed by atoms with E-state index in [1.165, 1.54) is 0 Å². The number of ether oxygens (including phenoxy) is 1. The summed E-state index contributed by atoms with van der Waals surface area (Å²) < 4.78 is 5.21. The lowest BCUT2D eigenvalue weighted by Crippen LogP contribution is -2.17. The monoisotopic (exact) mass is 212 g/mol. The van der Waals surface area contributed by atoms with E-state index in [4.69, 9.17) is 4.74 Å². The number of ketones is 1. The molecular weight excluding hydrogens is 200 g/mol. The van der Waals surface area contributed by atoms with Crippen molar-refractivity contribution < 1.29 is 9.53 Å². The zero-order chi connectivity index (χ0) is 11.1. The second-order valence-electron chi connectivity index (χ2n) is 4.11. The third kappa shape index (κ3) is 1.20. The first-order valence-corrected chi connectivity index (χ1v) is 5.39. The lowest BCUT2D eigenvalue weighted by molar-refractivity contribution is 0.0648. The molecule has 2 aromatic rings. The minimum atomic E-state index is -0.291. The number of hydrogen-bond acceptors (Lipinski definition) is 2. The Morgan fingerprint density at radius 3 is 2.81 bits per heavy atom. The summed E-state index contributed by atoms with van der Waals surface area (Å²) in [6.45, 7) is 0. The molecule has 0 aromatic heterocycles. The van der Waals surface area contributed by atoms with Crippen LogP contribution in [0.2, 0.25) is 0 Å². The molecule has 2 nitrogen and oxygen atoms in total. The quantitative estimate of drug-likeness (QED) is 0.726. The average molecular weight is 212 g/mol. The smallest absolute Gasteiger partial charge is 0.192 e. The lowest BCUT2D eigenvalue weighted by Gasteiger charge is -2.04. The number of carbonyl (C=O) groups excluding carboxylic acids is 1. The van der Waals surface area contributed by atoms with Crippen LogP contribution in [0, 0.1) is 0 Å². The molecule has 16 heavy (non-hydrogen) atoms. The molecule has 0 heterocycles. The Kier molecular flexibility index (Phi) is 2.04. The largest absolute Gasteiger partial charge is 0.373 e. The fourth-order valence-corrected chi connectivity index (χ4v) is 2.42. The van der Waals surface area contributed by atoms with Gasteiger partial charge in [-0.2, -0.15) is 0 Å². The second-order valence-corrected chi connectivity index (χ2v) is 4.11. The molecule has 0 fully saturated rings. The number of carbonyl (C=O) groups is 1. The van der Waals surface area contributed by atoms with Crippen molar-refractivity contribution in [3.8, 4) is 0 Å². The van der Waals surface area contributed by atoms with Gasteiger partial charge in [-0.3, -0.25) is 4.79 Å². The number of benzene rings is 2. The Hall–Kier alpha value is -1.67. The van der Waals surface area contributed by atoms with Gasteiger partial charge in [-0.25, -0.2) is 0 Å². The van der Waals surface area contributed by atoms with Gasteiger partial charge in [0, 0.05) is 19.1 Å². The van der Waals surface area contributed by atoms with Crippen LogP contribution in [0.25, 0.3) is 10.8 Å². The highest BCUT2D eigenvalue weighted by Gasteiger charge is 2.31. The molecule has 1 atom stereocenters. The van der Waals surface area contributed by atoms with Crippen LogP contribution in [0.4, 0.5) is 0 Å². The third-order valence-corrected chi connectivity index (χ3v) is 3.24. The maximum atomic E-state index is 12.1. The molecule has 0 spiro atoms. The summed E-state index contributed by atoms with van der Waals surface area (Å²) in [7, 11) is 1.59. The summed E-state index contributed by atoms with van der Waals surface area (Å²) in [5, 5.41) is 2.16.